The van der Waals surface area contributed by atoms with Crippen molar-refractivity contribution < 1.29 is 4.21 Å². The lowest BCUT2D eigenvalue weighted by Crippen LogP contribution is -1.98. The number of nitrogens with one attached hydrogen (secondary N) is 1. The molecule has 0 saturated heterocycles. The quantitative estimate of drug-likeness (QED) is 0.482. The van der Waals surface area contributed by atoms with Gasteiger partial charge in [0.15, 0.2) is 0 Å². The van der Waals surface area contributed by atoms with Crippen LogP contribution in [0.25, 0.3) is 0 Å². The number of benzene rings is 2. The Bertz CT molecular complexity index is 651. The van der Waals surface area contributed by atoms with Gasteiger partial charge in [-0.15, -0.1) is 0 Å². The van der Waals surface area contributed by atoms with Crippen molar-refractivity contribution in [3.8, 4) is 0 Å². The molecule has 2 aromatic rings. The van der Waals surface area contributed by atoms with Gasteiger partial charge in [-0.25, -0.2) is 4.21 Å². The highest BCUT2D eigenvalue weighted by Crippen LogP contribution is 2.52. The van der Waals surface area contributed by atoms with Gasteiger partial charge in [0.1, 0.15) is 0 Å². The van der Waals surface area contributed by atoms with Crippen LogP contribution in [0.4, 0.5) is 11.4 Å². The zero-order valence-electron chi connectivity index (χ0n) is 8.19. The highest BCUT2D eigenvalue weighted by atomic mass is 32.2. The van der Waals surface area contributed by atoms with Gasteiger partial charge in [-0.2, -0.15) is 0 Å². The first kappa shape index (κ1) is 8.84. The maximum atomic E-state index is 11.6. The summed E-state index contributed by atoms with van der Waals surface area (Å²) in [6, 6.07) is 12.2. The largest absolute Gasteiger partial charge is 0.353 e. The van der Waals surface area contributed by atoms with Gasteiger partial charge in [0.2, 0.25) is 0 Å². The van der Waals surface area contributed by atoms with Gasteiger partial charge in [-0.1, -0.05) is 23.9 Å². The zero-order valence-corrected chi connectivity index (χ0v) is 9.82. The Hall–Kier alpha value is -1.26. The Morgan fingerprint density at radius 2 is 1.94 bits per heavy atom. The minimum Gasteiger partial charge on any atom is -0.353 e. The molecule has 4 rings (SSSR count). The van der Waals surface area contributed by atoms with Gasteiger partial charge in [0, 0.05) is 9.79 Å². The predicted octanol–water partition coefficient (Wildman–Crippen LogP) is 3.37. The number of fused-ring (bicyclic) bond motifs is 4. The van der Waals surface area contributed by atoms with E-state index in [-0.39, 0.29) is 0 Å². The molecule has 2 aliphatic heterocycles. The molecule has 1 unspecified atom stereocenters. The third-order valence-electron chi connectivity index (χ3n) is 2.79. The van der Waals surface area contributed by atoms with Gasteiger partial charge in [0.25, 0.3) is 0 Å². The summed E-state index contributed by atoms with van der Waals surface area (Å²) in [5.74, 6) is 0. The van der Waals surface area contributed by atoms with Crippen LogP contribution in [0.3, 0.4) is 0 Å². The van der Waals surface area contributed by atoms with E-state index >= 15 is 0 Å². The maximum Gasteiger partial charge on any atom is 0.0897 e. The molecular weight excluding hydrogens is 238 g/mol. The first-order chi connectivity index (χ1) is 7.84. The summed E-state index contributed by atoms with van der Waals surface area (Å²) in [6.45, 7) is 0. The number of anilines is 2. The van der Waals surface area contributed by atoms with Crippen LogP contribution < -0.4 is 5.32 Å². The molecule has 16 heavy (non-hydrogen) atoms. The van der Waals surface area contributed by atoms with Crippen LogP contribution in [-0.2, 0) is 10.8 Å². The fourth-order valence-electron chi connectivity index (χ4n) is 1.96. The minimum atomic E-state index is -0.857. The molecule has 78 valence electrons. The van der Waals surface area contributed by atoms with Crippen molar-refractivity contribution in [3.63, 3.8) is 0 Å². The number of hydrogen-bond donors (Lipinski definition) is 1. The molecule has 0 bridgehead atoms. The Morgan fingerprint density at radius 3 is 2.88 bits per heavy atom. The van der Waals surface area contributed by atoms with E-state index in [4.69, 9.17) is 0 Å². The Kier molecular flexibility index (Phi) is 1.60. The fraction of sp³-hybridized carbons (Fsp3) is 0. The molecule has 0 radical (unpaired) electrons. The van der Waals surface area contributed by atoms with Crippen molar-refractivity contribution in [2.75, 3.05) is 5.32 Å². The summed E-state index contributed by atoms with van der Waals surface area (Å²) in [6.07, 6.45) is 0. The molecule has 0 amide bonds. The van der Waals surface area contributed by atoms with Crippen LogP contribution in [0, 0.1) is 0 Å². The Morgan fingerprint density at radius 1 is 1.06 bits per heavy atom. The Balaban J connectivity index is 1.92. The molecule has 2 heterocycles. The highest BCUT2D eigenvalue weighted by molar-refractivity contribution is 8.00. The van der Waals surface area contributed by atoms with E-state index in [1.54, 1.807) is 11.8 Å². The number of hydrogen-bond acceptors (Lipinski definition) is 3. The monoisotopic (exact) mass is 245 g/mol. The molecule has 2 aliphatic rings. The van der Waals surface area contributed by atoms with Crippen molar-refractivity contribution >= 4 is 33.9 Å². The molecule has 2 aromatic carbocycles. The molecule has 0 fully saturated rings. The second kappa shape index (κ2) is 2.90. The van der Waals surface area contributed by atoms with E-state index in [9.17, 15) is 4.21 Å². The summed E-state index contributed by atoms with van der Waals surface area (Å²) in [4.78, 5) is 4.36. The predicted molar refractivity (Wildman–Crippen MR) is 65.0 cm³/mol. The second-order valence-corrected chi connectivity index (χ2v) is 6.23. The van der Waals surface area contributed by atoms with Crippen molar-refractivity contribution in [1.82, 2.24) is 0 Å². The van der Waals surface area contributed by atoms with Crippen LogP contribution in [0.15, 0.2) is 56.0 Å². The van der Waals surface area contributed by atoms with Gasteiger partial charge in [0.05, 0.1) is 32.0 Å². The molecule has 0 aromatic heterocycles. The molecule has 4 heteroatoms. The third kappa shape index (κ3) is 1.06. The molecule has 0 spiro atoms. The summed E-state index contributed by atoms with van der Waals surface area (Å²) in [5.41, 5.74) is 2.15. The first-order valence-electron chi connectivity index (χ1n) is 4.97. The highest BCUT2D eigenvalue weighted by Gasteiger charge is 2.35. The third-order valence-corrected chi connectivity index (χ3v) is 5.26. The van der Waals surface area contributed by atoms with Gasteiger partial charge >= 0.3 is 0 Å². The molecule has 0 aliphatic carbocycles. The lowest BCUT2D eigenvalue weighted by Gasteiger charge is -2.19. The van der Waals surface area contributed by atoms with Crippen LogP contribution in [-0.4, -0.2) is 4.21 Å². The minimum absolute atomic E-state index is 0.857. The zero-order chi connectivity index (χ0) is 10.7. The fourth-order valence-corrected chi connectivity index (χ4v) is 4.13. The summed E-state index contributed by atoms with van der Waals surface area (Å²) in [7, 11) is -0.857. The Labute approximate surface area is 99.5 Å². The van der Waals surface area contributed by atoms with E-state index in [0.717, 1.165) is 21.2 Å². The summed E-state index contributed by atoms with van der Waals surface area (Å²) in [5, 5.41) is 3.38. The maximum absolute atomic E-state index is 11.6. The average molecular weight is 245 g/mol. The van der Waals surface area contributed by atoms with Crippen molar-refractivity contribution in [3.05, 3.63) is 36.4 Å². The van der Waals surface area contributed by atoms with E-state index in [2.05, 4.69) is 17.4 Å². The smallest absolute Gasteiger partial charge is 0.0897 e. The van der Waals surface area contributed by atoms with Crippen LogP contribution >= 0.6 is 11.8 Å². The van der Waals surface area contributed by atoms with E-state index in [1.165, 1.54) is 9.79 Å². The van der Waals surface area contributed by atoms with Crippen LogP contribution in [0.5, 0.6) is 0 Å². The molecular formula is C12H7NOS2. The lowest BCUT2D eigenvalue weighted by molar-refractivity contribution is 0.693. The molecule has 1 N–H and O–H groups in total. The van der Waals surface area contributed by atoms with E-state index in [1.807, 2.05) is 24.3 Å². The SMILES string of the molecule is O=S1c2ccc3c(c21)Nc1ccccc1S3. The van der Waals surface area contributed by atoms with Crippen molar-refractivity contribution in [2.45, 2.75) is 19.6 Å². The molecule has 1 atom stereocenters. The summed E-state index contributed by atoms with van der Waals surface area (Å²) < 4.78 is 11.6. The normalized spacial score (nSPS) is 19.1. The van der Waals surface area contributed by atoms with E-state index < -0.39 is 10.8 Å². The van der Waals surface area contributed by atoms with Gasteiger partial charge < -0.3 is 5.32 Å². The topological polar surface area (TPSA) is 29.1 Å². The number of para-hydroxylation sites is 1. The average Bonchev–Trinajstić information content (AvgIpc) is 2.98. The van der Waals surface area contributed by atoms with E-state index in [0.29, 0.717) is 0 Å². The lowest BCUT2D eigenvalue weighted by atomic mass is 10.2. The first-order valence-corrected chi connectivity index (χ1v) is 6.94. The molecule has 0 saturated carbocycles. The summed E-state index contributed by atoms with van der Waals surface area (Å²) >= 11 is 1.74. The number of rotatable bonds is 0. The van der Waals surface area contributed by atoms with Gasteiger partial charge in [-0.05, 0) is 24.3 Å². The molecule has 2 nitrogen and oxygen atoms in total. The second-order valence-electron chi connectivity index (χ2n) is 3.76. The van der Waals surface area contributed by atoms with Crippen LogP contribution in [0.2, 0.25) is 0 Å². The van der Waals surface area contributed by atoms with Gasteiger partial charge in [-0.3, -0.25) is 0 Å². The standard InChI is InChI=1S/C12H7NOS2/c14-16-10-6-5-9-11(12(10)16)13-7-3-1-2-4-8(7)15-9/h1-6,13H. The van der Waals surface area contributed by atoms with Crippen LogP contribution in [0.1, 0.15) is 0 Å². The van der Waals surface area contributed by atoms with Crippen molar-refractivity contribution in [1.29, 1.82) is 0 Å². The van der Waals surface area contributed by atoms with Crippen molar-refractivity contribution in [2.24, 2.45) is 0 Å².